The number of fused-ring (bicyclic) bond motifs is 1. The minimum atomic E-state index is -1.42. The highest BCUT2D eigenvalue weighted by Gasteiger charge is 2.29. The summed E-state index contributed by atoms with van der Waals surface area (Å²) in [5.41, 5.74) is 4.97. The topological polar surface area (TPSA) is 154 Å². The second-order valence-electron chi connectivity index (χ2n) is 6.99. The summed E-state index contributed by atoms with van der Waals surface area (Å²) in [4.78, 5) is 16.4. The normalized spacial score (nSPS) is 13.9. The zero-order chi connectivity index (χ0) is 21.9. The van der Waals surface area contributed by atoms with Crippen LogP contribution in [0.3, 0.4) is 0 Å². The van der Waals surface area contributed by atoms with Gasteiger partial charge in [-0.3, -0.25) is 4.79 Å². The summed E-state index contributed by atoms with van der Waals surface area (Å²) >= 11 is 6.35. The van der Waals surface area contributed by atoms with E-state index in [9.17, 15) is 15.0 Å². The second kappa shape index (κ2) is 9.00. The number of aromatic nitrogens is 2. The van der Waals surface area contributed by atoms with Crippen LogP contribution in [0.2, 0.25) is 5.02 Å². The van der Waals surface area contributed by atoms with Crippen LogP contribution in [0.5, 0.6) is 5.75 Å². The lowest BCUT2D eigenvalue weighted by atomic mass is 10.0. The van der Waals surface area contributed by atoms with E-state index in [1.54, 1.807) is 26.0 Å². The van der Waals surface area contributed by atoms with Crippen LogP contribution in [-0.2, 0) is 9.53 Å². The molecule has 11 heteroatoms. The fraction of sp³-hybridized carbons (Fsp3) is 0.421. The summed E-state index contributed by atoms with van der Waals surface area (Å²) in [7, 11) is 0. The molecule has 1 unspecified atom stereocenters. The van der Waals surface area contributed by atoms with Gasteiger partial charge in [0.05, 0.1) is 30.0 Å². The van der Waals surface area contributed by atoms with E-state index in [0.29, 0.717) is 28.3 Å². The summed E-state index contributed by atoms with van der Waals surface area (Å²) in [6.07, 6.45) is 2.47. The molecule has 2 aromatic heterocycles. The third kappa shape index (κ3) is 4.57. The minimum Gasteiger partial charge on any atom is -0.479 e. The van der Waals surface area contributed by atoms with Crippen molar-refractivity contribution in [1.82, 2.24) is 10.1 Å². The molecule has 0 bridgehead atoms. The van der Waals surface area contributed by atoms with Gasteiger partial charge in [-0.15, -0.1) is 0 Å². The molecule has 1 aromatic carbocycles. The van der Waals surface area contributed by atoms with Crippen molar-refractivity contribution in [3.8, 4) is 5.75 Å². The maximum Gasteiger partial charge on any atom is 0.314 e. The van der Waals surface area contributed by atoms with Crippen molar-refractivity contribution < 1.29 is 33.4 Å². The maximum atomic E-state index is 12.4. The number of hydrogen-bond donors (Lipinski definition) is 3. The Balaban J connectivity index is 1.77. The number of aliphatic hydroxyl groups excluding tert-OH is 2. The molecule has 0 saturated carbocycles. The highest BCUT2D eigenvalue weighted by Crippen LogP contribution is 2.36. The number of benzene rings is 1. The zero-order valence-corrected chi connectivity index (χ0v) is 17.1. The van der Waals surface area contributed by atoms with Gasteiger partial charge in [-0.1, -0.05) is 16.8 Å². The van der Waals surface area contributed by atoms with Gasteiger partial charge in [0.25, 0.3) is 0 Å². The second-order valence-corrected chi connectivity index (χ2v) is 7.39. The number of ether oxygens (including phenoxy) is 2. The van der Waals surface area contributed by atoms with Crippen molar-refractivity contribution in [2.24, 2.45) is 5.73 Å². The van der Waals surface area contributed by atoms with Gasteiger partial charge in [-0.25, -0.2) is 4.98 Å². The van der Waals surface area contributed by atoms with Crippen LogP contribution in [0.15, 0.2) is 33.5 Å². The average Bonchev–Trinajstić information content (AvgIpc) is 3.41. The third-order valence-electron chi connectivity index (χ3n) is 4.55. The van der Waals surface area contributed by atoms with Gasteiger partial charge in [0.2, 0.25) is 5.89 Å². The minimum absolute atomic E-state index is 0.285. The zero-order valence-electron chi connectivity index (χ0n) is 16.4. The van der Waals surface area contributed by atoms with Crippen LogP contribution in [-0.4, -0.2) is 51.7 Å². The number of esters is 1. The lowest BCUT2D eigenvalue weighted by Gasteiger charge is -2.24. The van der Waals surface area contributed by atoms with Gasteiger partial charge in [0, 0.05) is 11.5 Å². The molecule has 0 fully saturated rings. The molecule has 4 N–H and O–H groups in total. The SMILES string of the molecule is CC(Oc1cc2onc([C@H](C)C(=O)OCC(N)(CO)CO)c2cc1Cl)c1ncco1. The molecule has 2 heterocycles. The predicted molar refractivity (Wildman–Crippen MR) is 105 cm³/mol. The Bertz CT molecular complexity index is 1000. The van der Waals surface area contributed by atoms with Crippen molar-refractivity contribution >= 4 is 28.5 Å². The quantitative estimate of drug-likeness (QED) is 0.421. The van der Waals surface area contributed by atoms with Crippen LogP contribution >= 0.6 is 11.6 Å². The monoisotopic (exact) mass is 439 g/mol. The van der Waals surface area contributed by atoms with Crippen molar-refractivity contribution in [3.05, 3.63) is 41.2 Å². The van der Waals surface area contributed by atoms with Crippen molar-refractivity contribution in [2.75, 3.05) is 19.8 Å². The Hall–Kier alpha value is -2.66. The lowest BCUT2D eigenvalue weighted by Crippen LogP contribution is -2.52. The number of carbonyl (C=O) groups excluding carboxylic acids is 1. The van der Waals surface area contributed by atoms with E-state index in [-0.39, 0.29) is 11.6 Å². The lowest BCUT2D eigenvalue weighted by molar-refractivity contribution is -0.148. The molecule has 2 atom stereocenters. The summed E-state index contributed by atoms with van der Waals surface area (Å²) in [6, 6.07) is 3.15. The molecule has 10 nitrogen and oxygen atoms in total. The van der Waals surface area contributed by atoms with E-state index < -0.39 is 36.7 Å². The average molecular weight is 440 g/mol. The summed E-state index contributed by atoms with van der Waals surface area (Å²) < 4.78 is 21.5. The van der Waals surface area contributed by atoms with Gasteiger partial charge < -0.3 is 34.4 Å². The summed E-state index contributed by atoms with van der Waals surface area (Å²) in [5, 5.41) is 23.2. The van der Waals surface area contributed by atoms with Gasteiger partial charge >= 0.3 is 5.97 Å². The van der Waals surface area contributed by atoms with Crippen LogP contribution in [0.25, 0.3) is 11.0 Å². The van der Waals surface area contributed by atoms with Crippen molar-refractivity contribution in [1.29, 1.82) is 0 Å². The molecule has 30 heavy (non-hydrogen) atoms. The summed E-state index contributed by atoms with van der Waals surface area (Å²) in [6.45, 7) is 1.91. The van der Waals surface area contributed by atoms with Gasteiger partial charge in [-0.2, -0.15) is 0 Å². The molecule has 0 amide bonds. The Kier molecular flexibility index (Phi) is 6.61. The first kappa shape index (κ1) is 22.0. The Labute approximate surface area is 176 Å². The number of nitrogens with zero attached hydrogens (tertiary/aromatic N) is 2. The highest BCUT2D eigenvalue weighted by atomic mass is 35.5. The predicted octanol–water partition coefficient (Wildman–Crippen LogP) is 1.94. The first-order valence-electron chi connectivity index (χ1n) is 9.10. The number of hydrogen-bond acceptors (Lipinski definition) is 10. The molecular formula is C19H22ClN3O7. The molecule has 0 radical (unpaired) electrons. The van der Waals surface area contributed by atoms with Crippen molar-refractivity contribution in [3.63, 3.8) is 0 Å². The number of carbonyl (C=O) groups is 1. The van der Waals surface area contributed by atoms with Gasteiger partial charge in [0.15, 0.2) is 11.7 Å². The molecule has 162 valence electrons. The van der Waals surface area contributed by atoms with E-state index in [2.05, 4.69) is 10.1 Å². The van der Waals surface area contributed by atoms with Crippen LogP contribution in [0.1, 0.15) is 37.5 Å². The maximum absolute atomic E-state index is 12.4. The van der Waals surface area contributed by atoms with Crippen LogP contribution in [0.4, 0.5) is 0 Å². The van der Waals surface area contributed by atoms with E-state index in [4.69, 9.17) is 35.7 Å². The summed E-state index contributed by atoms with van der Waals surface area (Å²) in [5.74, 6) is -0.716. The molecule has 0 saturated heterocycles. The van der Waals surface area contributed by atoms with Gasteiger partial charge in [0.1, 0.15) is 30.2 Å². The van der Waals surface area contributed by atoms with Crippen LogP contribution in [0, 0.1) is 0 Å². The smallest absolute Gasteiger partial charge is 0.314 e. The van der Waals surface area contributed by atoms with Crippen molar-refractivity contribution in [2.45, 2.75) is 31.4 Å². The van der Waals surface area contributed by atoms with Gasteiger partial charge in [-0.05, 0) is 19.9 Å². The standard InChI is InChI=1S/C19H22ClN3O7/c1-10(18(26)28-9-19(21,7-24)8-25)16-12-5-13(20)15(6-14(12)30-23-16)29-11(2)17-22-3-4-27-17/h3-6,10-11,24-25H,7-9,21H2,1-2H3/t10-,11?/m0/s1. The largest absolute Gasteiger partial charge is 0.479 e. The fourth-order valence-electron chi connectivity index (χ4n) is 2.63. The van der Waals surface area contributed by atoms with E-state index in [0.717, 1.165) is 0 Å². The Morgan fingerprint density at radius 2 is 2.07 bits per heavy atom. The molecule has 0 aliphatic heterocycles. The molecule has 0 spiro atoms. The third-order valence-corrected chi connectivity index (χ3v) is 4.85. The van der Waals surface area contributed by atoms with E-state index in [1.165, 1.54) is 12.5 Å². The first-order valence-corrected chi connectivity index (χ1v) is 9.48. The molecule has 3 rings (SSSR count). The first-order chi connectivity index (χ1) is 14.3. The van der Waals surface area contributed by atoms with E-state index in [1.807, 2.05) is 0 Å². The fourth-order valence-corrected chi connectivity index (χ4v) is 2.84. The number of aliphatic hydroxyl groups is 2. The van der Waals surface area contributed by atoms with Crippen LogP contribution < -0.4 is 10.5 Å². The number of nitrogens with two attached hydrogens (primary N) is 1. The molecule has 0 aliphatic carbocycles. The molecule has 3 aromatic rings. The number of oxazole rings is 1. The highest BCUT2D eigenvalue weighted by molar-refractivity contribution is 6.32. The molecule has 0 aliphatic rings. The molecular weight excluding hydrogens is 418 g/mol. The number of rotatable bonds is 9. The van der Waals surface area contributed by atoms with E-state index >= 15 is 0 Å². The number of halogens is 1. The Morgan fingerprint density at radius 1 is 1.33 bits per heavy atom. The Morgan fingerprint density at radius 3 is 2.70 bits per heavy atom.